The summed E-state index contributed by atoms with van der Waals surface area (Å²) in [6.45, 7) is 5.82. The van der Waals surface area contributed by atoms with Crippen LogP contribution in [0, 0.1) is 20.8 Å². The van der Waals surface area contributed by atoms with E-state index in [2.05, 4.69) is 5.32 Å². The largest absolute Gasteiger partial charge is 0.495 e. The third-order valence-corrected chi connectivity index (χ3v) is 5.40. The van der Waals surface area contributed by atoms with Crippen molar-refractivity contribution in [3.05, 3.63) is 94.7 Å². The van der Waals surface area contributed by atoms with Crippen LogP contribution in [0.1, 0.15) is 22.3 Å². The minimum absolute atomic E-state index is 0.235. The van der Waals surface area contributed by atoms with Gasteiger partial charge in [0, 0.05) is 0 Å². The van der Waals surface area contributed by atoms with Gasteiger partial charge in [0.1, 0.15) is 11.4 Å². The maximum absolute atomic E-state index is 13.6. The highest BCUT2D eigenvalue weighted by atomic mass is 16.5. The van der Waals surface area contributed by atoms with E-state index in [1.165, 1.54) is 4.90 Å². The fourth-order valence-electron chi connectivity index (χ4n) is 3.70. The van der Waals surface area contributed by atoms with Crippen molar-refractivity contribution in [2.75, 3.05) is 17.3 Å². The molecule has 0 spiro atoms. The molecule has 0 bridgehead atoms. The SMILES string of the molecule is COc1ccccc1NC1=C(c2ccc(C)cc2)C(=O)N(c2cc(C)ccc2C)C1=O. The van der Waals surface area contributed by atoms with E-state index in [0.717, 1.165) is 16.7 Å². The van der Waals surface area contributed by atoms with Crippen molar-refractivity contribution in [2.24, 2.45) is 0 Å². The van der Waals surface area contributed by atoms with Gasteiger partial charge in [0.05, 0.1) is 24.1 Å². The number of carbonyl (C=O) groups excluding carboxylic acids is 2. The number of nitrogens with one attached hydrogen (secondary N) is 1. The van der Waals surface area contributed by atoms with Crippen LogP contribution in [-0.2, 0) is 9.59 Å². The Balaban J connectivity index is 1.87. The van der Waals surface area contributed by atoms with Crippen LogP contribution >= 0.6 is 0 Å². The van der Waals surface area contributed by atoms with Crippen LogP contribution in [0.4, 0.5) is 11.4 Å². The summed E-state index contributed by atoms with van der Waals surface area (Å²) >= 11 is 0. The van der Waals surface area contributed by atoms with E-state index in [1.54, 1.807) is 13.2 Å². The number of rotatable bonds is 5. The van der Waals surface area contributed by atoms with Crippen molar-refractivity contribution in [1.82, 2.24) is 0 Å². The minimum atomic E-state index is -0.389. The molecule has 3 aromatic rings. The summed E-state index contributed by atoms with van der Waals surface area (Å²) < 4.78 is 5.43. The number of ether oxygens (including phenoxy) is 1. The van der Waals surface area contributed by atoms with Gasteiger partial charge in [-0.1, -0.05) is 54.1 Å². The molecule has 0 atom stereocenters. The number of aryl methyl sites for hydroxylation is 3. The zero-order valence-electron chi connectivity index (χ0n) is 18.0. The number of hydrogen-bond acceptors (Lipinski definition) is 4. The molecule has 1 aliphatic heterocycles. The normalized spacial score (nSPS) is 13.7. The maximum Gasteiger partial charge on any atom is 0.282 e. The highest BCUT2D eigenvalue weighted by Gasteiger charge is 2.41. The average molecular weight is 412 g/mol. The van der Waals surface area contributed by atoms with Crippen molar-refractivity contribution >= 4 is 28.8 Å². The number of amides is 2. The predicted octanol–water partition coefficient (Wildman–Crippen LogP) is 5.02. The summed E-state index contributed by atoms with van der Waals surface area (Å²) in [5.74, 6) is -0.149. The summed E-state index contributed by atoms with van der Waals surface area (Å²) in [6.07, 6.45) is 0. The van der Waals surface area contributed by atoms with Crippen molar-refractivity contribution in [2.45, 2.75) is 20.8 Å². The molecule has 0 fully saturated rings. The van der Waals surface area contributed by atoms with Gasteiger partial charge < -0.3 is 10.1 Å². The first-order valence-electron chi connectivity index (χ1n) is 10.1. The molecule has 0 saturated heterocycles. The standard InChI is InChI=1S/C26H24N2O3/c1-16-10-13-19(14-11-16)23-24(27-20-7-5-6-8-22(20)31-4)26(30)28(25(23)29)21-15-17(2)9-12-18(21)3/h5-15,27H,1-4H3. The molecular weight excluding hydrogens is 388 g/mol. The van der Waals surface area contributed by atoms with Crippen molar-refractivity contribution in [3.63, 3.8) is 0 Å². The highest BCUT2D eigenvalue weighted by Crippen LogP contribution is 2.37. The summed E-state index contributed by atoms with van der Waals surface area (Å²) in [5.41, 5.74) is 5.39. The number of nitrogens with zero attached hydrogens (tertiary/aromatic N) is 1. The second-order valence-corrected chi connectivity index (χ2v) is 7.68. The molecular formula is C26H24N2O3. The van der Waals surface area contributed by atoms with Crippen molar-refractivity contribution in [1.29, 1.82) is 0 Å². The van der Waals surface area contributed by atoms with Crippen LogP contribution in [0.3, 0.4) is 0 Å². The molecule has 1 heterocycles. The Kier molecular flexibility index (Phi) is 5.34. The summed E-state index contributed by atoms with van der Waals surface area (Å²) in [7, 11) is 1.57. The molecule has 0 saturated carbocycles. The monoisotopic (exact) mass is 412 g/mol. The first kappa shape index (κ1) is 20.4. The van der Waals surface area contributed by atoms with Crippen LogP contribution in [-0.4, -0.2) is 18.9 Å². The topological polar surface area (TPSA) is 58.6 Å². The first-order chi connectivity index (χ1) is 14.9. The van der Waals surface area contributed by atoms with E-state index >= 15 is 0 Å². The van der Waals surface area contributed by atoms with E-state index in [1.807, 2.05) is 81.4 Å². The molecule has 3 aromatic carbocycles. The fourth-order valence-corrected chi connectivity index (χ4v) is 3.70. The van der Waals surface area contributed by atoms with Gasteiger partial charge in [0.15, 0.2) is 0 Å². The molecule has 0 aromatic heterocycles. The van der Waals surface area contributed by atoms with Gasteiger partial charge in [0.25, 0.3) is 11.8 Å². The lowest BCUT2D eigenvalue weighted by molar-refractivity contribution is -0.120. The summed E-state index contributed by atoms with van der Waals surface area (Å²) in [4.78, 5) is 28.4. The number of anilines is 2. The van der Waals surface area contributed by atoms with E-state index in [4.69, 9.17) is 4.74 Å². The Hall–Kier alpha value is -3.86. The minimum Gasteiger partial charge on any atom is -0.495 e. The number of carbonyl (C=O) groups is 2. The lowest BCUT2D eigenvalue weighted by atomic mass is 10.0. The summed E-state index contributed by atoms with van der Waals surface area (Å²) in [6, 6.07) is 20.7. The molecule has 31 heavy (non-hydrogen) atoms. The number of hydrogen-bond donors (Lipinski definition) is 1. The number of benzene rings is 3. The molecule has 5 nitrogen and oxygen atoms in total. The second-order valence-electron chi connectivity index (χ2n) is 7.68. The molecule has 4 rings (SSSR count). The van der Waals surface area contributed by atoms with Gasteiger partial charge in [-0.15, -0.1) is 0 Å². The maximum atomic E-state index is 13.6. The van der Waals surface area contributed by atoms with E-state index < -0.39 is 0 Å². The molecule has 0 unspecified atom stereocenters. The molecule has 1 N–H and O–H groups in total. The zero-order valence-corrected chi connectivity index (χ0v) is 18.0. The Morgan fingerprint density at radius 3 is 2.19 bits per heavy atom. The van der Waals surface area contributed by atoms with Crippen molar-refractivity contribution < 1.29 is 14.3 Å². The molecule has 1 aliphatic rings. The smallest absolute Gasteiger partial charge is 0.282 e. The third kappa shape index (κ3) is 3.70. The third-order valence-electron chi connectivity index (χ3n) is 5.40. The quantitative estimate of drug-likeness (QED) is 0.598. The van der Waals surface area contributed by atoms with Crippen LogP contribution < -0.4 is 15.0 Å². The number of para-hydroxylation sites is 2. The van der Waals surface area contributed by atoms with Crippen LogP contribution in [0.5, 0.6) is 5.75 Å². The Bertz CT molecular complexity index is 1210. The van der Waals surface area contributed by atoms with Gasteiger partial charge in [-0.2, -0.15) is 0 Å². The average Bonchev–Trinajstić information content (AvgIpc) is 3.00. The fraction of sp³-hybridized carbons (Fsp3) is 0.154. The Morgan fingerprint density at radius 1 is 0.806 bits per heavy atom. The van der Waals surface area contributed by atoms with Crippen LogP contribution in [0.2, 0.25) is 0 Å². The van der Waals surface area contributed by atoms with Gasteiger partial charge in [-0.3, -0.25) is 9.59 Å². The first-order valence-corrected chi connectivity index (χ1v) is 10.1. The molecule has 0 aliphatic carbocycles. The van der Waals surface area contributed by atoms with Crippen LogP contribution in [0.15, 0.2) is 72.4 Å². The second kappa shape index (κ2) is 8.11. The van der Waals surface area contributed by atoms with Gasteiger partial charge in [-0.05, 0) is 55.7 Å². The molecule has 156 valence electrons. The van der Waals surface area contributed by atoms with E-state index in [9.17, 15) is 9.59 Å². The lowest BCUT2D eigenvalue weighted by Gasteiger charge is -2.18. The lowest BCUT2D eigenvalue weighted by Crippen LogP contribution is -2.33. The van der Waals surface area contributed by atoms with Crippen molar-refractivity contribution in [3.8, 4) is 5.75 Å². The van der Waals surface area contributed by atoms with Gasteiger partial charge in [-0.25, -0.2) is 4.90 Å². The van der Waals surface area contributed by atoms with Crippen LogP contribution in [0.25, 0.3) is 5.57 Å². The zero-order chi connectivity index (χ0) is 22.1. The van der Waals surface area contributed by atoms with Gasteiger partial charge >= 0.3 is 0 Å². The Labute approximate surface area is 182 Å². The Morgan fingerprint density at radius 2 is 1.48 bits per heavy atom. The molecule has 5 heteroatoms. The predicted molar refractivity (Wildman–Crippen MR) is 123 cm³/mol. The number of imide groups is 1. The summed E-state index contributed by atoms with van der Waals surface area (Å²) in [5, 5.41) is 3.18. The number of methoxy groups -OCH3 is 1. The van der Waals surface area contributed by atoms with Gasteiger partial charge in [0.2, 0.25) is 0 Å². The van der Waals surface area contributed by atoms with E-state index in [-0.39, 0.29) is 17.5 Å². The van der Waals surface area contributed by atoms with E-state index in [0.29, 0.717) is 28.3 Å². The molecule has 0 radical (unpaired) electrons. The molecule has 2 amide bonds. The highest BCUT2D eigenvalue weighted by molar-refractivity contribution is 6.46.